The Morgan fingerprint density at radius 3 is 2.58 bits per heavy atom. The summed E-state index contributed by atoms with van der Waals surface area (Å²) in [6.45, 7) is 2.23. The van der Waals surface area contributed by atoms with Crippen molar-refractivity contribution in [2.45, 2.75) is 6.92 Å². The molecule has 0 saturated heterocycles. The van der Waals surface area contributed by atoms with E-state index in [0.29, 0.717) is 17.9 Å². The number of nitro groups is 1. The second-order valence-electron chi connectivity index (χ2n) is 4.61. The van der Waals surface area contributed by atoms with Gasteiger partial charge >= 0.3 is 0 Å². The largest absolute Gasteiger partial charge is 0.493 e. The highest BCUT2D eigenvalue weighted by atomic mass is 32.1. The van der Waals surface area contributed by atoms with Crippen LogP contribution in [0, 0.1) is 10.1 Å². The first-order chi connectivity index (χ1) is 11.5. The maximum atomic E-state index is 12.3. The van der Waals surface area contributed by atoms with E-state index in [-0.39, 0.29) is 16.5 Å². The number of hydrogen-bond donors (Lipinski definition) is 2. The third kappa shape index (κ3) is 4.26. The Morgan fingerprint density at radius 1 is 1.21 bits per heavy atom. The Morgan fingerprint density at radius 2 is 1.88 bits per heavy atom. The van der Waals surface area contributed by atoms with Gasteiger partial charge in [-0.25, -0.2) is 0 Å². The Bertz CT molecular complexity index is 779. The number of amides is 1. The molecule has 124 valence electrons. The molecule has 2 N–H and O–H groups in total. The third-order valence-corrected chi connectivity index (χ3v) is 3.21. The topological polar surface area (TPSA) is 93.5 Å². The van der Waals surface area contributed by atoms with Gasteiger partial charge in [-0.05, 0) is 37.3 Å². The first kappa shape index (κ1) is 17.4. The van der Waals surface area contributed by atoms with E-state index >= 15 is 0 Å². The van der Waals surface area contributed by atoms with Crippen LogP contribution in [0.25, 0.3) is 0 Å². The Hall–Kier alpha value is -3.00. The minimum Gasteiger partial charge on any atom is -0.493 e. The molecule has 0 radical (unpaired) electrons. The molecule has 0 heterocycles. The minimum atomic E-state index is -0.531. The van der Waals surface area contributed by atoms with Crippen molar-refractivity contribution < 1.29 is 14.5 Å². The molecule has 0 unspecified atom stereocenters. The molecular formula is C16H15N3O4S. The molecule has 0 aromatic heterocycles. The number of para-hydroxylation sites is 3. The van der Waals surface area contributed by atoms with Crippen molar-refractivity contribution in [1.29, 1.82) is 0 Å². The summed E-state index contributed by atoms with van der Waals surface area (Å²) in [5.74, 6) is -0.0267. The smallest absolute Gasteiger partial charge is 0.292 e. The fraction of sp³-hybridized carbons (Fsp3) is 0.125. The molecule has 0 atom stereocenters. The van der Waals surface area contributed by atoms with Crippen molar-refractivity contribution in [1.82, 2.24) is 5.32 Å². The molecule has 0 fully saturated rings. The fourth-order valence-corrected chi connectivity index (χ4v) is 2.20. The summed E-state index contributed by atoms with van der Waals surface area (Å²) in [5, 5.41) is 16.1. The molecule has 1 amide bonds. The lowest BCUT2D eigenvalue weighted by Gasteiger charge is -2.12. The van der Waals surface area contributed by atoms with Gasteiger partial charge in [-0.1, -0.05) is 24.3 Å². The number of rotatable bonds is 5. The molecule has 2 aromatic carbocycles. The van der Waals surface area contributed by atoms with Gasteiger partial charge in [0.2, 0.25) is 0 Å². The zero-order valence-electron chi connectivity index (χ0n) is 12.8. The van der Waals surface area contributed by atoms with E-state index in [2.05, 4.69) is 10.6 Å². The molecule has 0 saturated carbocycles. The SMILES string of the molecule is CCOc1ccccc1C(=O)NC(=S)Nc1ccccc1[N+](=O)[O-]. The quantitative estimate of drug-likeness (QED) is 0.491. The lowest BCUT2D eigenvalue weighted by Crippen LogP contribution is -2.34. The zero-order chi connectivity index (χ0) is 17.5. The van der Waals surface area contributed by atoms with Crippen molar-refractivity contribution in [2.24, 2.45) is 0 Å². The molecule has 8 heteroatoms. The van der Waals surface area contributed by atoms with E-state index in [1.54, 1.807) is 36.4 Å². The van der Waals surface area contributed by atoms with Crippen LogP contribution in [0.4, 0.5) is 11.4 Å². The lowest BCUT2D eigenvalue weighted by molar-refractivity contribution is -0.383. The normalized spacial score (nSPS) is 9.88. The van der Waals surface area contributed by atoms with Crippen LogP contribution in [0.3, 0.4) is 0 Å². The van der Waals surface area contributed by atoms with Crippen LogP contribution in [0.1, 0.15) is 17.3 Å². The van der Waals surface area contributed by atoms with Crippen molar-refractivity contribution in [3.05, 3.63) is 64.2 Å². The predicted octanol–water partition coefficient (Wildman–Crippen LogP) is 3.12. The third-order valence-electron chi connectivity index (χ3n) is 3.01. The number of thiocarbonyl (C=S) groups is 1. The molecule has 24 heavy (non-hydrogen) atoms. The van der Waals surface area contributed by atoms with Crippen LogP contribution >= 0.6 is 12.2 Å². The van der Waals surface area contributed by atoms with Gasteiger partial charge in [0.1, 0.15) is 11.4 Å². The van der Waals surface area contributed by atoms with Gasteiger partial charge in [0.25, 0.3) is 11.6 Å². The minimum absolute atomic E-state index is 0.0411. The van der Waals surface area contributed by atoms with Crippen molar-refractivity contribution in [3.8, 4) is 5.75 Å². The number of benzene rings is 2. The molecule has 0 aliphatic heterocycles. The number of nitrogens with one attached hydrogen (secondary N) is 2. The highest BCUT2D eigenvalue weighted by Crippen LogP contribution is 2.23. The summed E-state index contributed by atoms with van der Waals surface area (Å²) in [7, 11) is 0. The van der Waals surface area contributed by atoms with Gasteiger partial charge in [-0.2, -0.15) is 0 Å². The Balaban J connectivity index is 2.11. The summed E-state index contributed by atoms with van der Waals surface area (Å²) in [6, 6.07) is 12.8. The van der Waals surface area contributed by atoms with E-state index in [0.717, 1.165) is 0 Å². The van der Waals surface area contributed by atoms with E-state index in [1.807, 2.05) is 6.92 Å². The second-order valence-corrected chi connectivity index (χ2v) is 5.02. The summed E-state index contributed by atoms with van der Waals surface area (Å²) in [5.41, 5.74) is 0.390. The second kappa shape index (κ2) is 8.02. The number of carbonyl (C=O) groups is 1. The number of anilines is 1. The van der Waals surface area contributed by atoms with Crippen LogP contribution in [0.5, 0.6) is 5.75 Å². The van der Waals surface area contributed by atoms with Crippen LogP contribution in [0.15, 0.2) is 48.5 Å². The average Bonchev–Trinajstić information content (AvgIpc) is 2.55. The molecular weight excluding hydrogens is 330 g/mol. The molecule has 0 aliphatic carbocycles. The summed E-state index contributed by atoms with van der Waals surface area (Å²) < 4.78 is 5.39. The fourth-order valence-electron chi connectivity index (χ4n) is 2.00. The van der Waals surface area contributed by atoms with Crippen LogP contribution in [0.2, 0.25) is 0 Å². The van der Waals surface area contributed by atoms with Crippen LogP contribution < -0.4 is 15.4 Å². The zero-order valence-corrected chi connectivity index (χ0v) is 13.6. The van der Waals surface area contributed by atoms with Gasteiger partial charge < -0.3 is 10.1 Å². The first-order valence-electron chi connectivity index (χ1n) is 7.10. The lowest BCUT2D eigenvalue weighted by atomic mass is 10.2. The molecule has 0 bridgehead atoms. The highest BCUT2D eigenvalue weighted by molar-refractivity contribution is 7.80. The maximum Gasteiger partial charge on any atom is 0.292 e. The summed E-state index contributed by atoms with van der Waals surface area (Å²) >= 11 is 5.06. The molecule has 7 nitrogen and oxygen atoms in total. The monoisotopic (exact) mass is 345 g/mol. The highest BCUT2D eigenvalue weighted by Gasteiger charge is 2.16. The molecule has 0 spiro atoms. The number of nitrogens with zero attached hydrogens (tertiary/aromatic N) is 1. The molecule has 2 rings (SSSR count). The van der Waals surface area contributed by atoms with Gasteiger partial charge in [-0.3, -0.25) is 20.2 Å². The number of carbonyl (C=O) groups excluding carboxylic acids is 1. The summed E-state index contributed by atoms with van der Waals surface area (Å²) in [4.78, 5) is 22.8. The average molecular weight is 345 g/mol. The van der Waals surface area contributed by atoms with Crippen molar-refractivity contribution in [3.63, 3.8) is 0 Å². The van der Waals surface area contributed by atoms with Crippen LogP contribution in [-0.2, 0) is 0 Å². The Labute approximate surface area is 143 Å². The van der Waals surface area contributed by atoms with Crippen molar-refractivity contribution in [2.75, 3.05) is 11.9 Å². The predicted molar refractivity (Wildman–Crippen MR) is 94.4 cm³/mol. The maximum absolute atomic E-state index is 12.3. The van der Waals surface area contributed by atoms with Gasteiger partial charge in [0, 0.05) is 6.07 Å². The van der Waals surface area contributed by atoms with Gasteiger partial charge in [0.05, 0.1) is 17.1 Å². The standard InChI is InChI=1S/C16H15N3O4S/c1-2-23-14-10-6-3-7-11(14)15(20)18-16(24)17-12-8-4-5-9-13(12)19(21)22/h3-10H,2H2,1H3,(H2,17,18,20,24). The van der Waals surface area contributed by atoms with Gasteiger partial charge in [0.15, 0.2) is 5.11 Å². The first-order valence-corrected chi connectivity index (χ1v) is 7.51. The summed E-state index contributed by atoms with van der Waals surface area (Å²) in [6.07, 6.45) is 0. The molecule has 0 aliphatic rings. The van der Waals surface area contributed by atoms with E-state index in [1.165, 1.54) is 12.1 Å². The van der Waals surface area contributed by atoms with E-state index < -0.39 is 10.8 Å². The van der Waals surface area contributed by atoms with E-state index in [4.69, 9.17) is 17.0 Å². The van der Waals surface area contributed by atoms with Gasteiger partial charge in [-0.15, -0.1) is 0 Å². The van der Waals surface area contributed by atoms with Crippen molar-refractivity contribution >= 4 is 34.6 Å². The Kier molecular flexibility index (Phi) is 5.80. The number of ether oxygens (including phenoxy) is 1. The molecule has 2 aromatic rings. The number of hydrogen-bond acceptors (Lipinski definition) is 5. The van der Waals surface area contributed by atoms with E-state index in [9.17, 15) is 14.9 Å². The van der Waals surface area contributed by atoms with Crippen LogP contribution in [-0.4, -0.2) is 22.5 Å². The number of nitro benzene ring substituents is 1.